The van der Waals surface area contributed by atoms with E-state index >= 15 is 0 Å². The molecule has 4 heteroatoms. The Bertz CT molecular complexity index is 755. The smallest absolute Gasteiger partial charge is 0.224 e. The predicted molar refractivity (Wildman–Crippen MR) is 93.6 cm³/mol. The molecule has 126 valence electrons. The summed E-state index contributed by atoms with van der Waals surface area (Å²) in [4.78, 5) is 12.4. The van der Waals surface area contributed by atoms with Gasteiger partial charge in [-0.1, -0.05) is 29.8 Å². The fourth-order valence-corrected chi connectivity index (χ4v) is 2.87. The third kappa shape index (κ3) is 3.70. The molecule has 0 fully saturated rings. The Morgan fingerprint density at radius 3 is 2.62 bits per heavy atom. The van der Waals surface area contributed by atoms with E-state index in [2.05, 4.69) is 23.5 Å². The van der Waals surface area contributed by atoms with Crippen molar-refractivity contribution in [2.75, 3.05) is 13.2 Å². The van der Waals surface area contributed by atoms with Crippen LogP contribution >= 0.6 is 0 Å². The van der Waals surface area contributed by atoms with Crippen LogP contribution in [0.3, 0.4) is 0 Å². The molecule has 2 aromatic rings. The van der Waals surface area contributed by atoms with Crippen molar-refractivity contribution >= 4 is 5.91 Å². The first-order chi connectivity index (χ1) is 11.5. The van der Waals surface area contributed by atoms with Crippen molar-refractivity contribution in [3.63, 3.8) is 0 Å². The molecule has 0 bridgehead atoms. The van der Waals surface area contributed by atoms with Crippen molar-refractivity contribution in [1.29, 1.82) is 0 Å². The van der Waals surface area contributed by atoms with Crippen LogP contribution in [0.1, 0.15) is 35.2 Å². The topological polar surface area (TPSA) is 47.6 Å². The standard InChI is InChI=1S/C20H23NO3/c1-13-4-5-14(2)17(10-13)12-20(22)21-15(3)16-6-7-18-19(11-16)24-9-8-23-18/h4-7,10-11,15H,8-9,12H2,1-3H3,(H,21,22)/t15-/m1/s1. The van der Waals surface area contributed by atoms with Gasteiger partial charge in [0.2, 0.25) is 5.91 Å². The van der Waals surface area contributed by atoms with Crippen LogP contribution in [-0.2, 0) is 11.2 Å². The van der Waals surface area contributed by atoms with Gasteiger partial charge in [0.1, 0.15) is 13.2 Å². The van der Waals surface area contributed by atoms with Gasteiger partial charge in [-0.25, -0.2) is 0 Å². The minimum absolute atomic E-state index is 0.0195. The first-order valence-electron chi connectivity index (χ1n) is 8.28. The van der Waals surface area contributed by atoms with Crippen LogP contribution in [0, 0.1) is 13.8 Å². The number of fused-ring (bicyclic) bond motifs is 1. The van der Waals surface area contributed by atoms with Gasteiger partial charge in [0, 0.05) is 0 Å². The maximum atomic E-state index is 12.4. The average Bonchev–Trinajstić information content (AvgIpc) is 2.57. The molecule has 0 radical (unpaired) electrons. The van der Waals surface area contributed by atoms with E-state index in [0.717, 1.165) is 28.2 Å². The molecular formula is C20H23NO3. The summed E-state index contributed by atoms with van der Waals surface area (Å²) in [6.07, 6.45) is 0.391. The molecule has 0 spiro atoms. The molecular weight excluding hydrogens is 302 g/mol. The lowest BCUT2D eigenvalue weighted by molar-refractivity contribution is -0.121. The normalized spacial score (nSPS) is 14.1. The van der Waals surface area contributed by atoms with Crippen LogP contribution in [0.2, 0.25) is 0 Å². The van der Waals surface area contributed by atoms with E-state index in [1.807, 2.05) is 39.0 Å². The second-order valence-electron chi connectivity index (χ2n) is 6.30. The third-order valence-corrected chi connectivity index (χ3v) is 4.30. The minimum Gasteiger partial charge on any atom is -0.486 e. The highest BCUT2D eigenvalue weighted by atomic mass is 16.6. The molecule has 0 saturated carbocycles. The van der Waals surface area contributed by atoms with Gasteiger partial charge in [-0.05, 0) is 49.6 Å². The van der Waals surface area contributed by atoms with Crippen LogP contribution in [0.4, 0.5) is 0 Å². The number of hydrogen-bond donors (Lipinski definition) is 1. The second-order valence-corrected chi connectivity index (χ2v) is 6.30. The first-order valence-corrected chi connectivity index (χ1v) is 8.28. The largest absolute Gasteiger partial charge is 0.486 e. The van der Waals surface area contributed by atoms with Gasteiger partial charge in [0.25, 0.3) is 0 Å². The number of ether oxygens (including phenoxy) is 2. The minimum atomic E-state index is -0.0848. The molecule has 2 aromatic carbocycles. The predicted octanol–water partition coefficient (Wildman–Crippen LogP) is 3.49. The Morgan fingerprint density at radius 1 is 1.08 bits per heavy atom. The van der Waals surface area contributed by atoms with Gasteiger partial charge in [0.05, 0.1) is 12.5 Å². The molecule has 1 atom stereocenters. The molecule has 0 saturated heterocycles. The van der Waals surface area contributed by atoms with Crippen LogP contribution in [-0.4, -0.2) is 19.1 Å². The highest BCUT2D eigenvalue weighted by Gasteiger charge is 2.16. The van der Waals surface area contributed by atoms with Gasteiger partial charge < -0.3 is 14.8 Å². The van der Waals surface area contributed by atoms with Crippen LogP contribution in [0.15, 0.2) is 36.4 Å². The molecule has 1 amide bonds. The quantitative estimate of drug-likeness (QED) is 0.936. The maximum Gasteiger partial charge on any atom is 0.224 e. The lowest BCUT2D eigenvalue weighted by Gasteiger charge is -2.21. The van der Waals surface area contributed by atoms with Crippen LogP contribution in [0.5, 0.6) is 11.5 Å². The van der Waals surface area contributed by atoms with Crippen LogP contribution in [0.25, 0.3) is 0 Å². The molecule has 3 rings (SSSR count). The molecule has 1 heterocycles. The lowest BCUT2D eigenvalue weighted by Crippen LogP contribution is -2.28. The molecule has 0 aromatic heterocycles. The van der Waals surface area contributed by atoms with E-state index in [0.29, 0.717) is 19.6 Å². The summed E-state index contributed by atoms with van der Waals surface area (Å²) in [5.74, 6) is 1.53. The number of nitrogens with one attached hydrogen (secondary N) is 1. The van der Waals surface area contributed by atoms with E-state index in [9.17, 15) is 4.79 Å². The molecule has 24 heavy (non-hydrogen) atoms. The first kappa shape index (κ1) is 16.4. The van der Waals surface area contributed by atoms with E-state index in [-0.39, 0.29) is 11.9 Å². The van der Waals surface area contributed by atoms with Gasteiger partial charge in [0.15, 0.2) is 11.5 Å². The SMILES string of the molecule is Cc1ccc(C)c(CC(=O)N[C@H](C)c2ccc3c(c2)OCCO3)c1. The summed E-state index contributed by atoms with van der Waals surface area (Å²) >= 11 is 0. The van der Waals surface area contributed by atoms with Crippen molar-refractivity contribution in [2.24, 2.45) is 0 Å². The number of hydrogen-bond acceptors (Lipinski definition) is 3. The zero-order valence-electron chi connectivity index (χ0n) is 14.4. The zero-order chi connectivity index (χ0) is 17.1. The number of carbonyl (C=O) groups excluding carboxylic acids is 1. The highest BCUT2D eigenvalue weighted by Crippen LogP contribution is 2.32. The monoisotopic (exact) mass is 325 g/mol. The van der Waals surface area contributed by atoms with Crippen molar-refractivity contribution in [3.8, 4) is 11.5 Å². The van der Waals surface area contributed by atoms with Crippen molar-refractivity contribution in [3.05, 3.63) is 58.7 Å². The van der Waals surface area contributed by atoms with E-state index in [1.165, 1.54) is 5.56 Å². The molecule has 0 unspecified atom stereocenters. The van der Waals surface area contributed by atoms with Crippen molar-refractivity contribution in [2.45, 2.75) is 33.2 Å². The average molecular weight is 325 g/mol. The number of benzene rings is 2. The Labute approximate surface area is 142 Å². The Hall–Kier alpha value is -2.49. The number of aryl methyl sites for hydroxylation is 2. The number of rotatable bonds is 4. The lowest BCUT2D eigenvalue weighted by atomic mass is 10.0. The maximum absolute atomic E-state index is 12.4. The highest BCUT2D eigenvalue weighted by molar-refractivity contribution is 5.79. The summed E-state index contributed by atoms with van der Waals surface area (Å²) in [5.41, 5.74) is 4.39. The summed E-state index contributed by atoms with van der Waals surface area (Å²) in [5, 5.41) is 3.06. The third-order valence-electron chi connectivity index (χ3n) is 4.30. The van der Waals surface area contributed by atoms with Crippen molar-refractivity contribution < 1.29 is 14.3 Å². The number of carbonyl (C=O) groups is 1. The molecule has 1 aliphatic rings. The fourth-order valence-electron chi connectivity index (χ4n) is 2.87. The van der Waals surface area contributed by atoms with E-state index in [4.69, 9.17) is 9.47 Å². The number of amides is 1. The second kappa shape index (κ2) is 6.95. The van der Waals surface area contributed by atoms with E-state index < -0.39 is 0 Å². The summed E-state index contributed by atoms with van der Waals surface area (Å²) in [6.45, 7) is 7.19. The van der Waals surface area contributed by atoms with Gasteiger partial charge in [-0.2, -0.15) is 0 Å². The van der Waals surface area contributed by atoms with Crippen molar-refractivity contribution in [1.82, 2.24) is 5.32 Å². The molecule has 1 N–H and O–H groups in total. The molecule has 1 aliphatic heterocycles. The Morgan fingerprint density at radius 2 is 1.83 bits per heavy atom. The summed E-state index contributed by atoms with van der Waals surface area (Å²) in [6, 6.07) is 11.9. The molecule has 4 nitrogen and oxygen atoms in total. The van der Waals surface area contributed by atoms with Gasteiger partial charge in [-0.3, -0.25) is 4.79 Å². The van der Waals surface area contributed by atoms with Crippen LogP contribution < -0.4 is 14.8 Å². The molecule has 0 aliphatic carbocycles. The zero-order valence-corrected chi connectivity index (χ0v) is 14.4. The Balaban J connectivity index is 1.66. The summed E-state index contributed by atoms with van der Waals surface area (Å²) in [7, 11) is 0. The Kier molecular flexibility index (Phi) is 4.74. The van der Waals surface area contributed by atoms with E-state index in [1.54, 1.807) is 0 Å². The van der Waals surface area contributed by atoms with Gasteiger partial charge >= 0.3 is 0 Å². The fraction of sp³-hybridized carbons (Fsp3) is 0.350. The summed E-state index contributed by atoms with van der Waals surface area (Å²) < 4.78 is 11.1. The van der Waals surface area contributed by atoms with Gasteiger partial charge in [-0.15, -0.1) is 0 Å².